The van der Waals surface area contributed by atoms with E-state index in [1.54, 1.807) is 14.0 Å². The fourth-order valence-corrected chi connectivity index (χ4v) is 3.12. The molecule has 0 aromatic heterocycles. The molecule has 2 aromatic carbocycles. The highest BCUT2D eigenvalue weighted by Crippen LogP contribution is 2.35. The number of hydrogen-bond acceptors (Lipinski definition) is 2. The molecule has 0 bridgehead atoms. The lowest BCUT2D eigenvalue weighted by Gasteiger charge is -2.34. The first-order valence-electron chi connectivity index (χ1n) is 7.26. The molecule has 1 atom stereocenters. The Morgan fingerprint density at radius 1 is 1.23 bits per heavy atom. The van der Waals surface area contributed by atoms with Gasteiger partial charge in [0, 0.05) is 31.0 Å². The van der Waals surface area contributed by atoms with Crippen LogP contribution in [0.1, 0.15) is 29.5 Å². The van der Waals surface area contributed by atoms with Crippen LogP contribution in [0.3, 0.4) is 0 Å². The molecule has 0 saturated heterocycles. The summed E-state index contributed by atoms with van der Waals surface area (Å²) in [5.41, 5.74) is 3.56. The van der Waals surface area contributed by atoms with Crippen LogP contribution in [-0.2, 0) is 11.3 Å². The van der Waals surface area contributed by atoms with E-state index < -0.39 is 0 Å². The van der Waals surface area contributed by atoms with Crippen molar-refractivity contribution >= 4 is 17.5 Å². The molecule has 0 fully saturated rings. The third-order valence-corrected chi connectivity index (χ3v) is 4.46. The normalized spacial score (nSPS) is 17.0. The van der Waals surface area contributed by atoms with Crippen LogP contribution in [0.5, 0.6) is 5.75 Å². The minimum absolute atomic E-state index is 0.0902. The maximum atomic E-state index is 11.9. The molecule has 1 heterocycles. The number of fused-ring (bicyclic) bond motifs is 1. The molecule has 3 rings (SSSR count). The largest absolute Gasteiger partial charge is 0.497 e. The van der Waals surface area contributed by atoms with Gasteiger partial charge in [0.2, 0.25) is 5.91 Å². The molecule has 1 aliphatic rings. The van der Waals surface area contributed by atoms with E-state index in [0.717, 1.165) is 16.3 Å². The molecular formula is C18H18ClNO2. The molecule has 1 amide bonds. The third kappa shape index (κ3) is 2.81. The zero-order chi connectivity index (χ0) is 15.7. The molecule has 0 unspecified atom stereocenters. The summed E-state index contributed by atoms with van der Waals surface area (Å²) in [6.45, 7) is 2.94. The van der Waals surface area contributed by atoms with Gasteiger partial charge in [-0.25, -0.2) is 0 Å². The lowest BCUT2D eigenvalue weighted by atomic mass is 9.84. The number of benzene rings is 2. The number of carbonyl (C=O) groups is 1. The predicted molar refractivity (Wildman–Crippen MR) is 87.4 cm³/mol. The molecular weight excluding hydrogens is 298 g/mol. The van der Waals surface area contributed by atoms with Gasteiger partial charge in [0.15, 0.2) is 0 Å². The highest BCUT2D eigenvalue weighted by atomic mass is 35.5. The van der Waals surface area contributed by atoms with Crippen molar-refractivity contribution in [1.29, 1.82) is 0 Å². The highest BCUT2D eigenvalue weighted by Gasteiger charge is 2.28. The van der Waals surface area contributed by atoms with Crippen molar-refractivity contribution in [1.82, 2.24) is 4.90 Å². The van der Waals surface area contributed by atoms with Crippen LogP contribution in [0.25, 0.3) is 0 Å². The van der Waals surface area contributed by atoms with Gasteiger partial charge >= 0.3 is 0 Å². The van der Waals surface area contributed by atoms with E-state index >= 15 is 0 Å². The number of amides is 1. The fraction of sp³-hybridized carbons (Fsp3) is 0.278. The highest BCUT2D eigenvalue weighted by molar-refractivity contribution is 6.30. The molecule has 1 aliphatic heterocycles. The summed E-state index contributed by atoms with van der Waals surface area (Å²) in [5, 5.41) is 0.720. The van der Waals surface area contributed by atoms with Gasteiger partial charge in [0.05, 0.1) is 7.11 Å². The summed E-state index contributed by atoms with van der Waals surface area (Å²) in [7, 11) is 1.66. The van der Waals surface area contributed by atoms with Crippen LogP contribution in [-0.4, -0.2) is 24.5 Å². The van der Waals surface area contributed by atoms with Crippen molar-refractivity contribution in [3.8, 4) is 5.75 Å². The van der Waals surface area contributed by atoms with Crippen LogP contribution < -0.4 is 4.74 Å². The summed E-state index contributed by atoms with van der Waals surface area (Å²) < 4.78 is 5.31. The Bertz CT molecular complexity index is 697. The monoisotopic (exact) mass is 315 g/mol. The Kier molecular flexibility index (Phi) is 4.08. The standard InChI is InChI=1S/C18H18ClNO2/c1-12(21)20-10-14-9-16(22-2)7-8-17(14)18(11-20)13-3-5-15(19)6-4-13/h3-9,18H,10-11H2,1-2H3/t18-/m1/s1. The molecule has 22 heavy (non-hydrogen) atoms. The number of methoxy groups -OCH3 is 1. The first kappa shape index (κ1) is 14.9. The van der Waals surface area contributed by atoms with E-state index in [1.165, 1.54) is 11.1 Å². The molecule has 0 N–H and O–H groups in total. The quantitative estimate of drug-likeness (QED) is 0.842. The number of nitrogens with zero attached hydrogens (tertiary/aromatic N) is 1. The van der Waals surface area contributed by atoms with Crippen molar-refractivity contribution in [2.24, 2.45) is 0 Å². The number of carbonyl (C=O) groups excluding carboxylic acids is 1. The Balaban J connectivity index is 2.06. The first-order valence-corrected chi connectivity index (χ1v) is 7.64. The van der Waals surface area contributed by atoms with Gasteiger partial charge in [-0.15, -0.1) is 0 Å². The molecule has 0 radical (unpaired) electrons. The molecule has 114 valence electrons. The van der Waals surface area contributed by atoms with Gasteiger partial charge in [-0.3, -0.25) is 4.79 Å². The number of halogens is 1. The zero-order valence-electron chi connectivity index (χ0n) is 12.7. The van der Waals surface area contributed by atoms with Crippen molar-refractivity contribution in [3.63, 3.8) is 0 Å². The molecule has 0 saturated carbocycles. The SMILES string of the molecule is COc1ccc2c(c1)CN(C(C)=O)C[C@@H]2c1ccc(Cl)cc1. The second-order valence-electron chi connectivity index (χ2n) is 5.57. The van der Waals surface area contributed by atoms with Crippen LogP contribution in [0.4, 0.5) is 0 Å². The molecule has 2 aromatic rings. The third-order valence-electron chi connectivity index (χ3n) is 4.21. The van der Waals surface area contributed by atoms with E-state index in [1.807, 2.05) is 41.3 Å². The minimum Gasteiger partial charge on any atom is -0.497 e. The second kappa shape index (κ2) is 6.01. The van der Waals surface area contributed by atoms with Gasteiger partial charge < -0.3 is 9.64 Å². The zero-order valence-corrected chi connectivity index (χ0v) is 13.4. The topological polar surface area (TPSA) is 29.5 Å². The van der Waals surface area contributed by atoms with Gasteiger partial charge in [0.25, 0.3) is 0 Å². The summed E-state index contributed by atoms with van der Waals surface area (Å²) >= 11 is 5.99. The first-order chi connectivity index (χ1) is 10.6. The van der Waals surface area contributed by atoms with E-state index in [2.05, 4.69) is 6.07 Å². The lowest BCUT2D eigenvalue weighted by Crippen LogP contribution is -2.37. The van der Waals surface area contributed by atoms with E-state index in [0.29, 0.717) is 13.1 Å². The van der Waals surface area contributed by atoms with Gasteiger partial charge in [0.1, 0.15) is 5.75 Å². The van der Waals surface area contributed by atoms with Crippen LogP contribution in [0.15, 0.2) is 42.5 Å². The molecule has 0 aliphatic carbocycles. The van der Waals surface area contributed by atoms with Crippen molar-refractivity contribution in [2.75, 3.05) is 13.7 Å². The Hall–Kier alpha value is -2.00. The maximum Gasteiger partial charge on any atom is 0.219 e. The summed E-state index contributed by atoms with van der Waals surface area (Å²) in [6.07, 6.45) is 0. The van der Waals surface area contributed by atoms with Crippen molar-refractivity contribution in [2.45, 2.75) is 19.4 Å². The number of rotatable bonds is 2. The van der Waals surface area contributed by atoms with Gasteiger partial charge in [-0.2, -0.15) is 0 Å². The van der Waals surface area contributed by atoms with E-state index in [9.17, 15) is 4.79 Å². The molecule has 0 spiro atoms. The van der Waals surface area contributed by atoms with Crippen LogP contribution >= 0.6 is 11.6 Å². The Morgan fingerprint density at radius 2 is 1.95 bits per heavy atom. The fourth-order valence-electron chi connectivity index (χ4n) is 2.99. The Morgan fingerprint density at radius 3 is 2.59 bits per heavy atom. The molecule has 4 heteroatoms. The van der Waals surface area contributed by atoms with E-state index in [4.69, 9.17) is 16.3 Å². The number of ether oxygens (including phenoxy) is 1. The smallest absolute Gasteiger partial charge is 0.219 e. The summed E-state index contributed by atoms with van der Waals surface area (Å²) in [6, 6.07) is 14.0. The lowest BCUT2D eigenvalue weighted by molar-refractivity contribution is -0.129. The summed E-state index contributed by atoms with van der Waals surface area (Å²) in [4.78, 5) is 13.7. The molecule has 3 nitrogen and oxygen atoms in total. The second-order valence-corrected chi connectivity index (χ2v) is 6.00. The average Bonchev–Trinajstić information content (AvgIpc) is 2.54. The van der Waals surface area contributed by atoms with Gasteiger partial charge in [-0.05, 0) is 41.0 Å². The maximum absolute atomic E-state index is 11.9. The Labute approximate surface area is 135 Å². The van der Waals surface area contributed by atoms with Crippen molar-refractivity contribution < 1.29 is 9.53 Å². The average molecular weight is 316 g/mol. The van der Waals surface area contributed by atoms with Crippen LogP contribution in [0.2, 0.25) is 5.02 Å². The number of hydrogen-bond donors (Lipinski definition) is 0. The van der Waals surface area contributed by atoms with Gasteiger partial charge in [-0.1, -0.05) is 29.8 Å². The van der Waals surface area contributed by atoms with Crippen LogP contribution in [0, 0.1) is 0 Å². The van der Waals surface area contributed by atoms with E-state index in [-0.39, 0.29) is 11.8 Å². The van der Waals surface area contributed by atoms with Crippen molar-refractivity contribution in [3.05, 3.63) is 64.2 Å². The summed E-state index contributed by atoms with van der Waals surface area (Å²) in [5.74, 6) is 1.07. The minimum atomic E-state index is 0.0902. The predicted octanol–water partition coefficient (Wildman–Crippen LogP) is 3.84.